The summed E-state index contributed by atoms with van der Waals surface area (Å²) in [6.07, 6.45) is 0.613. The number of nitrogens with two attached hydrogens (primary N) is 1. The molecule has 0 saturated heterocycles. The van der Waals surface area contributed by atoms with Crippen molar-refractivity contribution in [3.63, 3.8) is 0 Å². The summed E-state index contributed by atoms with van der Waals surface area (Å²) in [5.41, 5.74) is -0.189. The number of carbonyl (C=O) groups is 1. The molecular formula is C10H23N2O2+. The molecule has 1 unspecified atom stereocenters. The van der Waals surface area contributed by atoms with Gasteiger partial charge in [-0.25, -0.2) is 4.48 Å². The van der Waals surface area contributed by atoms with Crippen LogP contribution in [-0.2, 0) is 4.84 Å². The van der Waals surface area contributed by atoms with Gasteiger partial charge >= 0.3 is 6.09 Å². The Balaban J connectivity index is 4.95. The number of quaternary nitrogens is 1. The lowest BCUT2D eigenvalue weighted by molar-refractivity contribution is -0.874. The highest BCUT2D eigenvalue weighted by Crippen LogP contribution is 2.31. The van der Waals surface area contributed by atoms with Gasteiger partial charge in [0, 0.05) is 5.92 Å². The predicted octanol–water partition coefficient (Wildman–Crippen LogP) is 1.90. The molecule has 84 valence electrons. The van der Waals surface area contributed by atoms with E-state index in [0.29, 0.717) is 5.92 Å². The number of hydrogen-bond donors (Lipinski definition) is 1. The maximum atomic E-state index is 11.5. The van der Waals surface area contributed by atoms with E-state index < -0.39 is 6.09 Å². The first-order valence-electron chi connectivity index (χ1n) is 4.97. The zero-order chi connectivity index (χ0) is 11.6. The largest absolute Gasteiger partial charge is 0.534 e. The van der Waals surface area contributed by atoms with Crippen LogP contribution in [0.25, 0.3) is 0 Å². The fourth-order valence-corrected chi connectivity index (χ4v) is 1.42. The molecule has 0 spiro atoms. The van der Waals surface area contributed by atoms with Gasteiger partial charge in [0.05, 0.1) is 14.1 Å². The minimum atomic E-state index is -0.407. The average Bonchev–Trinajstić information content (AvgIpc) is 2.14. The van der Waals surface area contributed by atoms with E-state index in [2.05, 4.69) is 32.5 Å². The second-order valence-corrected chi connectivity index (χ2v) is 4.80. The lowest BCUT2D eigenvalue weighted by Gasteiger charge is -2.43. The van der Waals surface area contributed by atoms with Crippen molar-refractivity contribution < 1.29 is 14.1 Å². The Labute approximate surface area is 86.6 Å². The van der Waals surface area contributed by atoms with E-state index in [4.69, 9.17) is 5.90 Å². The van der Waals surface area contributed by atoms with Gasteiger partial charge in [-0.2, -0.15) is 10.7 Å². The SMILES string of the molecule is CCC(C)C(C)(C)[N+](C)(C)C(=O)ON. The number of nitrogens with zero attached hydrogens (tertiary/aromatic N) is 1. The summed E-state index contributed by atoms with van der Waals surface area (Å²) < 4.78 is 0.137. The zero-order valence-corrected chi connectivity index (χ0v) is 10.1. The number of hydrogen-bond acceptors (Lipinski definition) is 3. The molecule has 4 heteroatoms. The molecule has 0 aromatic rings. The third-order valence-electron chi connectivity index (χ3n) is 3.82. The highest BCUT2D eigenvalue weighted by atomic mass is 16.7. The lowest BCUT2D eigenvalue weighted by atomic mass is 9.84. The molecule has 0 saturated carbocycles. The van der Waals surface area contributed by atoms with Crippen LogP contribution in [-0.4, -0.2) is 30.2 Å². The Morgan fingerprint density at radius 1 is 1.50 bits per heavy atom. The van der Waals surface area contributed by atoms with Gasteiger partial charge in [0.2, 0.25) is 0 Å². The smallest absolute Gasteiger partial charge is 0.326 e. The Kier molecular flexibility index (Phi) is 4.09. The Morgan fingerprint density at radius 3 is 2.21 bits per heavy atom. The van der Waals surface area contributed by atoms with Crippen molar-refractivity contribution in [3.05, 3.63) is 0 Å². The van der Waals surface area contributed by atoms with Crippen LogP contribution in [0, 0.1) is 5.92 Å². The van der Waals surface area contributed by atoms with Crippen molar-refractivity contribution in [2.45, 2.75) is 39.7 Å². The third kappa shape index (κ3) is 2.07. The average molecular weight is 203 g/mol. The molecule has 0 fully saturated rings. The van der Waals surface area contributed by atoms with Crippen LogP contribution < -0.4 is 5.90 Å². The summed E-state index contributed by atoms with van der Waals surface area (Å²) in [6, 6.07) is 0. The van der Waals surface area contributed by atoms with Crippen molar-refractivity contribution in [3.8, 4) is 0 Å². The molecule has 0 heterocycles. The normalized spacial score (nSPS) is 15.1. The van der Waals surface area contributed by atoms with Gasteiger partial charge in [-0.15, -0.1) is 0 Å². The first-order valence-corrected chi connectivity index (χ1v) is 4.97. The first-order chi connectivity index (χ1) is 6.21. The van der Waals surface area contributed by atoms with Gasteiger partial charge < -0.3 is 4.84 Å². The molecule has 2 N–H and O–H groups in total. The summed E-state index contributed by atoms with van der Waals surface area (Å²) in [5, 5.41) is 0. The van der Waals surface area contributed by atoms with Crippen LogP contribution in [0.3, 0.4) is 0 Å². The Morgan fingerprint density at radius 2 is 1.93 bits per heavy atom. The molecule has 0 aliphatic carbocycles. The van der Waals surface area contributed by atoms with E-state index in [1.165, 1.54) is 0 Å². The van der Waals surface area contributed by atoms with E-state index in [9.17, 15) is 4.79 Å². The van der Waals surface area contributed by atoms with E-state index in [1.54, 1.807) is 0 Å². The van der Waals surface area contributed by atoms with Gasteiger partial charge in [0.1, 0.15) is 5.54 Å². The van der Waals surface area contributed by atoms with Gasteiger partial charge in [0.15, 0.2) is 0 Å². The highest BCUT2D eigenvalue weighted by Gasteiger charge is 2.47. The van der Waals surface area contributed by atoms with Crippen LogP contribution in [0.4, 0.5) is 4.79 Å². The minimum Gasteiger partial charge on any atom is -0.326 e. The van der Waals surface area contributed by atoms with Crippen molar-refractivity contribution in [2.24, 2.45) is 11.8 Å². The fraction of sp³-hybridized carbons (Fsp3) is 0.900. The number of carbonyl (C=O) groups excluding carboxylic acids is 1. The van der Waals surface area contributed by atoms with Crippen molar-refractivity contribution in [2.75, 3.05) is 14.1 Å². The predicted molar refractivity (Wildman–Crippen MR) is 56.3 cm³/mol. The summed E-state index contributed by atoms with van der Waals surface area (Å²) >= 11 is 0. The van der Waals surface area contributed by atoms with Gasteiger partial charge in [-0.1, -0.05) is 13.8 Å². The standard InChI is InChI=1S/C10H23N2O2/c1-7-8(2)10(3,4)12(5,6)9(13)14-11/h8H,7,11H2,1-6H3/q+1. The molecule has 14 heavy (non-hydrogen) atoms. The summed E-state index contributed by atoms with van der Waals surface area (Å²) in [5.74, 6) is 5.34. The number of rotatable bonds is 3. The van der Waals surface area contributed by atoms with E-state index in [0.717, 1.165) is 6.42 Å². The molecule has 0 aliphatic rings. The summed E-state index contributed by atoms with van der Waals surface area (Å²) in [4.78, 5) is 15.9. The van der Waals surface area contributed by atoms with Crippen molar-refractivity contribution >= 4 is 6.09 Å². The first kappa shape index (κ1) is 13.4. The van der Waals surface area contributed by atoms with Gasteiger partial charge in [-0.05, 0) is 20.3 Å². The van der Waals surface area contributed by atoms with Crippen LogP contribution in [0.5, 0.6) is 0 Å². The quantitative estimate of drug-likeness (QED) is 0.563. The van der Waals surface area contributed by atoms with Crippen molar-refractivity contribution in [1.82, 2.24) is 0 Å². The maximum absolute atomic E-state index is 11.5. The molecule has 0 radical (unpaired) electrons. The Bertz CT molecular complexity index is 212. The molecule has 0 rings (SSSR count). The van der Waals surface area contributed by atoms with E-state index >= 15 is 0 Å². The molecule has 0 aromatic carbocycles. The van der Waals surface area contributed by atoms with Crippen LogP contribution >= 0.6 is 0 Å². The molecule has 0 bridgehead atoms. The molecular weight excluding hydrogens is 180 g/mol. The van der Waals surface area contributed by atoms with Crippen LogP contribution in [0.15, 0.2) is 0 Å². The molecule has 4 nitrogen and oxygen atoms in total. The second-order valence-electron chi connectivity index (χ2n) is 4.80. The van der Waals surface area contributed by atoms with Crippen LogP contribution in [0.1, 0.15) is 34.1 Å². The third-order valence-corrected chi connectivity index (χ3v) is 3.82. The fourth-order valence-electron chi connectivity index (χ4n) is 1.42. The maximum Gasteiger partial charge on any atom is 0.534 e. The Hall–Kier alpha value is -0.610. The van der Waals surface area contributed by atoms with E-state index in [1.807, 2.05) is 14.1 Å². The summed E-state index contributed by atoms with van der Waals surface area (Å²) in [7, 11) is 3.64. The van der Waals surface area contributed by atoms with Crippen LogP contribution in [0.2, 0.25) is 0 Å². The van der Waals surface area contributed by atoms with Crippen molar-refractivity contribution in [1.29, 1.82) is 0 Å². The molecule has 1 amide bonds. The monoisotopic (exact) mass is 203 g/mol. The minimum absolute atomic E-state index is 0.137. The molecule has 0 aliphatic heterocycles. The molecule has 0 aromatic heterocycles. The topological polar surface area (TPSA) is 52.3 Å². The van der Waals surface area contributed by atoms with Gasteiger partial charge in [-0.3, -0.25) is 0 Å². The lowest BCUT2D eigenvalue weighted by Crippen LogP contribution is -2.62. The second kappa shape index (κ2) is 4.28. The number of amides is 1. The highest BCUT2D eigenvalue weighted by molar-refractivity contribution is 5.59. The zero-order valence-electron chi connectivity index (χ0n) is 10.1. The molecule has 1 atom stereocenters. The summed E-state index contributed by atoms with van der Waals surface area (Å²) in [6.45, 7) is 8.35. The van der Waals surface area contributed by atoms with E-state index in [-0.39, 0.29) is 10.0 Å². The van der Waals surface area contributed by atoms with Gasteiger partial charge in [0.25, 0.3) is 0 Å².